The molecule has 0 unspecified atom stereocenters. The van der Waals surface area contributed by atoms with E-state index in [0.29, 0.717) is 10.6 Å². The minimum atomic E-state index is -2.30. The number of halogens is 1. The molecule has 0 atom stereocenters. The van der Waals surface area contributed by atoms with E-state index in [1.165, 1.54) is 21.2 Å². The predicted molar refractivity (Wildman–Crippen MR) is 165 cm³/mol. The van der Waals surface area contributed by atoms with Crippen molar-refractivity contribution in [2.75, 3.05) is 5.90 Å². The fourth-order valence-electron chi connectivity index (χ4n) is 4.53. The number of benzene rings is 5. The lowest BCUT2D eigenvalue weighted by Crippen LogP contribution is -2.26. The normalized spacial score (nSPS) is 11.3. The van der Waals surface area contributed by atoms with Crippen LogP contribution in [-0.2, 0) is 0 Å². The Labute approximate surface area is 225 Å². The molecule has 37 heavy (non-hydrogen) atoms. The van der Waals surface area contributed by atoms with E-state index in [1.54, 1.807) is 12.1 Å². The Morgan fingerprint density at radius 1 is 0.595 bits per heavy atom. The van der Waals surface area contributed by atoms with Gasteiger partial charge in [-0.2, -0.15) is 0 Å². The fourth-order valence-corrected chi connectivity index (χ4v) is 13.3. The van der Waals surface area contributed by atoms with Gasteiger partial charge in [-0.3, -0.25) is 4.79 Å². The Kier molecular flexibility index (Phi) is 8.18. The second-order valence-electron chi connectivity index (χ2n) is 8.78. The number of carbonyl (C=O) groups excluding carboxylic acids is 1. The van der Waals surface area contributed by atoms with Crippen LogP contribution in [0.2, 0.25) is 5.02 Å². The number of hydrogen-bond acceptors (Lipinski definition) is 1. The van der Waals surface area contributed by atoms with Gasteiger partial charge < -0.3 is 0 Å². The fraction of sp³-hybridized carbons (Fsp3) is 0.0303. The predicted octanol–water partition coefficient (Wildman–Crippen LogP) is 7.08. The van der Waals surface area contributed by atoms with Gasteiger partial charge in [0, 0.05) is 16.5 Å². The maximum Gasteiger partial charge on any atom is 0.186 e. The summed E-state index contributed by atoms with van der Waals surface area (Å²) in [5, 5.41) is 5.67. The average Bonchev–Trinajstić information content (AvgIpc) is 2.97. The highest BCUT2D eigenvalue weighted by Gasteiger charge is 2.29. The van der Waals surface area contributed by atoms with Gasteiger partial charge >= 0.3 is 0 Å². The number of ketones is 1. The van der Waals surface area contributed by atoms with E-state index in [9.17, 15) is 4.79 Å². The third-order valence-corrected chi connectivity index (χ3v) is 14.5. The van der Waals surface area contributed by atoms with Crippen molar-refractivity contribution in [3.8, 4) is 0 Å². The zero-order valence-electron chi connectivity index (χ0n) is 20.3. The standard InChI is InChI=1S/C33H27ClOP2/c34-28-23-21-27(22-24-28)33(35)25-37(31-17-9-3-10-18-31,32-19-11-4-12-20-32)26-36(29-13-5-1-6-14-29)30-15-7-2-8-16-30/h1-25H,26H2. The molecule has 0 bridgehead atoms. The van der Waals surface area contributed by atoms with Crippen molar-refractivity contribution in [2.24, 2.45) is 0 Å². The summed E-state index contributed by atoms with van der Waals surface area (Å²) in [5.41, 5.74) is 0.657. The molecule has 0 fully saturated rings. The van der Waals surface area contributed by atoms with Gasteiger partial charge in [-0.15, -0.1) is 0 Å². The second kappa shape index (κ2) is 11.9. The third-order valence-electron chi connectivity index (χ3n) is 6.40. The smallest absolute Gasteiger partial charge is 0.186 e. The molecular weight excluding hydrogens is 510 g/mol. The second-order valence-corrected chi connectivity index (χ2v) is 15.3. The maximum absolute atomic E-state index is 13.9. The molecule has 0 radical (unpaired) electrons. The first kappa shape index (κ1) is 25.4. The van der Waals surface area contributed by atoms with Crippen molar-refractivity contribution in [2.45, 2.75) is 0 Å². The highest BCUT2D eigenvalue weighted by molar-refractivity contribution is 7.98. The molecule has 5 aromatic carbocycles. The van der Waals surface area contributed by atoms with Crippen LogP contribution in [0.5, 0.6) is 0 Å². The zero-order valence-corrected chi connectivity index (χ0v) is 22.9. The molecule has 0 amide bonds. The quantitative estimate of drug-likeness (QED) is 0.153. The molecule has 0 N–H and O–H groups in total. The minimum Gasteiger partial charge on any atom is -0.289 e. The summed E-state index contributed by atoms with van der Waals surface area (Å²) < 4.78 is 0. The molecule has 0 aliphatic heterocycles. The van der Waals surface area contributed by atoms with Crippen LogP contribution in [0.15, 0.2) is 146 Å². The Morgan fingerprint density at radius 2 is 1.00 bits per heavy atom. The molecular formula is C33H27ClOP2. The van der Waals surface area contributed by atoms with Crippen molar-refractivity contribution in [1.82, 2.24) is 0 Å². The first-order valence-corrected chi connectivity index (χ1v) is 16.1. The number of Topliss-reactive ketones (excluding diaryl/α,β-unsaturated/α-hetero) is 1. The van der Waals surface area contributed by atoms with Crippen LogP contribution in [0.4, 0.5) is 0 Å². The molecule has 0 aliphatic rings. The van der Waals surface area contributed by atoms with Crippen molar-refractivity contribution >= 4 is 59.2 Å². The van der Waals surface area contributed by atoms with Crippen molar-refractivity contribution in [1.29, 1.82) is 0 Å². The molecule has 0 saturated heterocycles. The van der Waals surface area contributed by atoms with Gasteiger partial charge in [-0.1, -0.05) is 133 Å². The summed E-state index contributed by atoms with van der Waals surface area (Å²) in [5.74, 6) is 2.94. The highest BCUT2D eigenvalue weighted by Crippen LogP contribution is 2.55. The Morgan fingerprint density at radius 3 is 1.43 bits per heavy atom. The molecule has 4 heteroatoms. The molecule has 0 heterocycles. The monoisotopic (exact) mass is 536 g/mol. The third kappa shape index (κ3) is 5.87. The van der Waals surface area contributed by atoms with Gasteiger partial charge in [0.15, 0.2) is 5.78 Å². The minimum absolute atomic E-state index is 0.0359. The van der Waals surface area contributed by atoms with Crippen LogP contribution in [-0.4, -0.2) is 17.5 Å². The Bertz CT molecular complexity index is 1420. The van der Waals surface area contributed by atoms with Crippen molar-refractivity contribution in [3.63, 3.8) is 0 Å². The molecule has 0 aromatic heterocycles. The van der Waals surface area contributed by atoms with Gasteiger partial charge in [0.05, 0.1) is 0 Å². The summed E-state index contributed by atoms with van der Waals surface area (Å²) in [6.07, 6.45) is 0. The molecule has 5 rings (SSSR count). The summed E-state index contributed by atoms with van der Waals surface area (Å²) in [6, 6.07) is 49.9. The lowest BCUT2D eigenvalue weighted by Gasteiger charge is -2.32. The summed E-state index contributed by atoms with van der Waals surface area (Å²) in [7, 11) is -0.746. The topological polar surface area (TPSA) is 17.1 Å². The summed E-state index contributed by atoms with van der Waals surface area (Å²) in [6.45, 7) is -2.30. The molecule has 0 saturated carbocycles. The first-order valence-electron chi connectivity index (χ1n) is 12.2. The average molecular weight is 537 g/mol. The number of carbonyl (C=O) groups is 1. The van der Waals surface area contributed by atoms with Crippen LogP contribution in [0.3, 0.4) is 0 Å². The Balaban J connectivity index is 1.77. The lowest BCUT2D eigenvalue weighted by molar-refractivity contribution is 0.107. The van der Waals surface area contributed by atoms with Crippen LogP contribution in [0, 0.1) is 0 Å². The van der Waals surface area contributed by atoms with Gasteiger partial charge in [-0.05, 0) is 66.1 Å². The number of rotatable bonds is 8. The van der Waals surface area contributed by atoms with Gasteiger partial charge in [0.2, 0.25) is 0 Å². The van der Waals surface area contributed by atoms with E-state index < -0.39 is 14.8 Å². The van der Waals surface area contributed by atoms with E-state index in [4.69, 9.17) is 11.6 Å². The van der Waals surface area contributed by atoms with E-state index in [0.717, 1.165) is 5.90 Å². The number of hydrogen-bond donors (Lipinski definition) is 0. The zero-order chi connectivity index (χ0) is 25.5. The van der Waals surface area contributed by atoms with E-state index in [-0.39, 0.29) is 5.78 Å². The largest absolute Gasteiger partial charge is 0.289 e. The summed E-state index contributed by atoms with van der Waals surface area (Å²) in [4.78, 5) is 13.9. The molecule has 0 spiro atoms. The molecule has 0 aliphatic carbocycles. The van der Waals surface area contributed by atoms with E-state index >= 15 is 0 Å². The van der Waals surface area contributed by atoms with Crippen LogP contribution >= 0.6 is 26.4 Å². The van der Waals surface area contributed by atoms with Crippen molar-refractivity contribution < 1.29 is 4.79 Å². The first-order chi connectivity index (χ1) is 18.2. The molecule has 5 aromatic rings. The van der Waals surface area contributed by atoms with Crippen LogP contribution < -0.4 is 21.2 Å². The van der Waals surface area contributed by atoms with E-state index in [2.05, 4.69) is 109 Å². The molecule has 1 nitrogen and oxygen atoms in total. The van der Waals surface area contributed by atoms with Gasteiger partial charge in [0.25, 0.3) is 0 Å². The SMILES string of the molecule is O=C(C=P(CP(c1ccccc1)c1ccccc1)(c1ccccc1)c1ccccc1)c1ccc(Cl)cc1. The van der Waals surface area contributed by atoms with Crippen LogP contribution in [0.1, 0.15) is 10.4 Å². The van der Waals surface area contributed by atoms with Gasteiger partial charge in [-0.25, -0.2) is 0 Å². The van der Waals surface area contributed by atoms with Crippen molar-refractivity contribution in [3.05, 3.63) is 156 Å². The molecule has 182 valence electrons. The Hall–Kier alpha value is -3.21. The highest BCUT2D eigenvalue weighted by atomic mass is 35.5. The maximum atomic E-state index is 13.9. The lowest BCUT2D eigenvalue weighted by atomic mass is 10.2. The van der Waals surface area contributed by atoms with E-state index in [1.807, 2.05) is 30.1 Å². The van der Waals surface area contributed by atoms with Crippen LogP contribution in [0.25, 0.3) is 0 Å². The summed E-state index contributed by atoms with van der Waals surface area (Å²) >= 11 is 6.13. The van der Waals surface area contributed by atoms with Gasteiger partial charge in [0.1, 0.15) is 0 Å².